The van der Waals surface area contributed by atoms with Crippen LogP contribution >= 0.6 is 0 Å². The van der Waals surface area contributed by atoms with Gasteiger partial charge in [-0.1, -0.05) is 12.8 Å². The molecule has 7 heteroatoms. The van der Waals surface area contributed by atoms with Crippen LogP contribution in [0, 0.1) is 0 Å². The molecule has 0 saturated carbocycles. The van der Waals surface area contributed by atoms with Crippen molar-refractivity contribution in [2.45, 2.75) is 32.1 Å². The second-order valence-corrected chi connectivity index (χ2v) is 8.19. The minimum absolute atomic E-state index is 0.0467. The Morgan fingerprint density at radius 2 is 1.60 bits per heavy atom. The molecule has 0 radical (unpaired) electrons. The number of aromatic nitrogens is 2. The fourth-order valence-corrected chi connectivity index (χ4v) is 4.31. The van der Waals surface area contributed by atoms with Crippen LogP contribution in [0.2, 0.25) is 0 Å². The lowest BCUT2D eigenvalue weighted by Gasteiger charge is -2.23. The third kappa shape index (κ3) is 5.69. The number of hydrogen-bond donors (Lipinski definition) is 1. The highest BCUT2D eigenvalue weighted by atomic mass is 16.2. The third-order valence-electron chi connectivity index (χ3n) is 5.96. The highest BCUT2D eigenvalue weighted by Gasteiger charge is 2.18. The molecule has 1 amide bonds. The molecule has 0 bridgehead atoms. The zero-order chi connectivity index (χ0) is 20.6. The molecule has 1 N–H and O–H groups in total. The van der Waals surface area contributed by atoms with E-state index in [1.165, 1.54) is 31.4 Å². The molecule has 30 heavy (non-hydrogen) atoms. The Labute approximate surface area is 179 Å². The number of amides is 1. The van der Waals surface area contributed by atoms with Gasteiger partial charge in [0.25, 0.3) is 0 Å². The van der Waals surface area contributed by atoms with Gasteiger partial charge in [0.05, 0.1) is 6.54 Å². The SMILES string of the molecule is O=C(CN1CCCN(c2cccnn2)CC1)Nc1ccc(N2CCCCCC2)cc1. The van der Waals surface area contributed by atoms with Crippen molar-refractivity contribution in [3.8, 4) is 0 Å². The summed E-state index contributed by atoms with van der Waals surface area (Å²) in [4.78, 5) is 19.5. The van der Waals surface area contributed by atoms with Gasteiger partial charge < -0.3 is 15.1 Å². The number of carbonyl (C=O) groups is 1. The first kappa shape index (κ1) is 20.6. The molecule has 3 heterocycles. The van der Waals surface area contributed by atoms with E-state index in [0.29, 0.717) is 6.54 Å². The highest BCUT2D eigenvalue weighted by molar-refractivity contribution is 5.92. The number of anilines is 3. The van der Waals surface area contributed by atoms with Crippen molar-refractivity contribution in [3.05, 3.63) is 42.6 Å². The van der Waals surface area contributed by atoms with Gasteiger partial charge in [-0.05, 0) is 55.7 Å². The van der Waals surface area contributed by atoms with E-state index < -0.39 is 0 Å². The summed E-state index contributed by atoms with van der Waals surface area (Å²) in [5.74, 6) is 0.957. The maximum Gasteiger partial charge on any atom is 0.238 e. The summed E-state index contributed by atoms with van der Waals surface area (Å²) < 4.78 is 0. The number of benzene rings is 1. The van der Waals surface area contributed by atoms with Gasteiger partial charge >= 0.3 is 0 Å². The fourth-order valence-electron chi connectivity index (χ4n) is 4.31. The average molecular weight is 409 g/mol. The first-order valence-corrected chi connectivity index (χ1v) is 11.2. The van der Waals surface area contributed by atoms with E-state index in [-0.39, 0.29) is 5.91 Å². The van der Waals surface area contributed by atoms with Gasteiger partial charge in [0.1, 0.15) is 0 Å². The van der Waals surface area contributed by atoms with E-state index in [0.717, 1.165) is 57.2 Å². The van der Waals surface area contributed by atoms with Gasteiger partial charge in [-0.25, -0.2) is 0 Å². The number of rotatable bonds is 5. The van der Waals surface area contributed by atoms with E-state index in [1.54, 1.807) is 6.20 Å². The van der Waals surface area contributed by atoms with Gasteiger partial charge in [0.2, 0.25) is 5.91 Å². The normalized spacial score (nSPS) is 18.5. The summed E-state index contributed by atoms with van der Waals surface area (Å²) in [6.07, 6.45) is 7.90. The zero-order valence-corrected chi connectivity index (χ0v) is 17.7. The summed E-state index contributed by atoms with van der Waals surface area (Å²) in [7, 11) is 0. The Bertz CT molecular complexity index is 789. The van der Waals surface area contributed by atoms with Crippen LogP contribution in [0.15, 0.2) is 42.6 Å². The molecule has 2 aliphatic rings. The first-order chi connectivity index (χ1) is 14.8. The number of hydrogen-bond acceptors (Lipinski definition) is 6. The Morgan fingerprint density at radius 1 is 0.833 bits per heavy atom. The van der Waals surface area contributed by atoms with Gasteiger partial charge in [0, 0.05) is 56.8 Å². The van der Waals surface area contributed by atoms with Crippen molar-refractivity contribution >= 4 is 23.1 Å². The average Bonchev–Trinajstić information content (AvgIpc) is 3.18. The van der Waals surface area contributed by atoms with Crippen LogP contribution in [0.1, 0.15) is 32.1 Å². The van der Waals surface area contributed by atoms with Crippen LogP contribution in [0.4, 0.5) is 17.2 Å². The summed E-state index contributed by atoms with van der Waals surface area (Å²) in [5.41, 5.74) is 2.13. The number of nitrogens with zero attached hydrogens (tertiary/aromatic N) is 5. The number of nitrogens with one attached hydrogen (secondary N) is 1. The molecule has 0 unspecified atom stereocenters. The highest BCUT2D eigenvalue weighted by Crippen LogP contribution is 2.21. The van der Waals surface area contributed by atoms with Gasteiger partial charge in [0.15, 0.2) is 5.82 Å². The summed E-state index contributed by atoms with van der Waals surface area (Å²) in [6.45, 7) is 6.24. The molecule has 0 atom stereocenters. The molecule has 4 rings (SSSR count). The summed E-state index contributed by atoms with van der Waals surface area (Å²) in [6, 6.07) is 12.2. The van der Waals surface area contributed by atoms with Gasteiger partial charge in [-0.3, -0.25) is 9.69 Å². The lowest BCUT2D eigenvalue weighted by atomic mass is 10.2. The molecular weight excluding hydrogens is 376 g/mol. The van der Waals surface area contributed by atoms with E-state index >= 15 is 0 Å². The maximum atomic E-state index is 12.6. The van der Waals surface area contributed by atoms with Crippen molar-refractivity contribution in [1.82, 2.24) is 15.1 Å². The Kier molecular flexibility index (Phi) is 7.13. The van der Waals surface area contributed by atoms with Crippen molar-refractivity contribution in [1.29, 1.82) is 0 Å². The minimum atomic E-state index is 0.0467. The van der Waals surface area contributed by atoms with E-state index in [4.69, 9.17) is 0 Å². The smallest absolute Gasteiger partial charge is 0.238 e. The summed E-state index contributed by atoms with van der Waals surface area (Å²) >= 11 is 0. The van der Waals surface area contributed by atoms with E-state index in [2.05, 4.69) is 42.3 Å². The van der Waals surface area contributed by atoms with Crippen molar-refractivity contribution in [2.24, 2.45) is 0 Å². The lowest BCUT2D eigenvalue weighted by molar-refractivity contribution is -0.117. The quantitative estimate of drug-likeness (QED) is 0.821. The third-order valence-corrected chi connectivity index (χ3v) is 5.96. The second kappa shape index (κ2) is 10.4. The monoisotopic (exact) mass is 408 g/mol. The molecule has 2 saturated heterocycles. The largest absolute Gasteiger partial charge is 0.372 e. The molecule has 0 spiro atoms. The predicted molar refractivity (Wildman–Crippen MR) is 121 cm³/mol. The van der Waals surface area contributed by atoms with Crippen LogP contribution in [0.5, 0.6) is 0 Å². The Hall–Kier alpha value is -2.67. The molecule has 7 nitrogen and oxygen atoms in total. The zero-order valence-electron chi connectivity index (χ0n) is 17.7. The second-order valence-electron chi connectivity index (χ2n) is 8.19. The van der Waals surface area contributed by atoms with E-state index in [1.807, 2.05) is 24.3 Å². The van der Waals surface area contributed by atoms with Gasteiger partial charge in [-0.15, -0.1) is 5.10 Å². The maximum absolute atomic E-state index is 12.6. The lowest BCUT2D eigenvalue weighted by Crippen LogP contribution is -2.36. The molecule has 1 aromatic heterocycles. The Morgan fingerprint density at radius 3 is 2.33 bits per heavy atom. The van der Waals surface area contributed by atoms with Crippen LogP contribution in [0.3, 0.4) is 0 Å². The number of carbonyl (C=O) groups excluding carboxylic acids is 1. The molecule has 2 aliphatic heterocycles. The Balaban J connectivity index is 1.26. The predicted octanol–water partition coefficient (Wildman–Crippen LogP) is 3.01. The van der Waals surface area contributed by atoms with Crippen molar-refractivity contribution in [3.63, 3.8) is 0 Å². The molecule has 2 aromatic rings. The van der Waals surface area contributed by atoms with Crippen LogP contribution in [-0.4, -0.2) is 66.8 Å². The van der Waals surface area contributed by atoms with Gasteiger partial charge in [-0.2, -0.15) is 5.10 Å². The molecule has 1 aromatic carbocycles. The molecule has 160 valence electrons. The molecule has 2 fully saturated rings. The topological polar surface area (TPSA) is 64.6 Å². The van der Waals surface area contributed by atoms with E-state index in [9.17, 15) is 4.79 Å². The van der Waals surface area contributed by atoms with Crippen LogP contribution in [0.25, 0.3) is 0 Å². The summed E-state index contributed by atoms with van der Waals surface area (Å²) in [5, 5.41) is 11.2. The fraction of sp³-hybridized carbons (Fsp3) is 0.522. The molecular formula is C23H32N6O. The standard InChI is InChI=1S/C23H32N6O/c30-23(19-27-13-6-16-29(18-17-27)22-7-5-12-24-26-22)25-20-8-10-21(11-9-20)28-14-3-1-2-4-15-28/h5,7-12H,1-4,6,13-19H2,(H,25,30). The minimum Gasteiger partial charge on any atom is -0.372 e. The van der Waals surface area contributed by atoms with Crippen LogP contribution < -0.4 is 15.1 Å². The first-order valence-electron chi connectivity index (χ1n) is 11.2. The van der Waals surface area contributed by atoms with Crippen molar-refractivity contribution in [2.75, 3.05) is 60.9 Å². The van der Waals surface area contributed by atoms with Crippen molar-refractivity contribution < 1.29 is 4.79 Å². The molecule has 0 aliphatic carbocycles. The van der Waals surface area contributed by atoms with Crippen LogP contribution in [-0.2, 0) is 4.79 Å².